The van der Waals surface area contributed by atoms with E-state index < -0.39 is 11.6 Å². The molecule has 0 saturated carbocycles. The molecule has 0 amide bonds. The Morgan fingerprint density at radius 3 is 2.53 bits per heavy atom. The highest BCUT2D eigenvalue weighted by atomic mass is 35.5. The van der Waals surface area contributed by atoms with Gasteiger partial charge in [0.2, 0.25) is 0 Å². The predicted molar refractivity (Wildman–Crippen MR) is 62.2 cm³/mol. The number of hydrogen-bond acceptors (Lipinski definition) is 1. The summed E-state index contributed by atoms with van der Waals surface area (Å²) in [7, 11) is 0. The summed E-state index contributed by atoms with van der Waals surface area (Å²) >= 11 is 5.88. The third kappa shape index (κ3) is 2.19. The smallest absolute Gasteiger partial charge is 0.150 e. The second kappa shape index (κ2) is 4.63. The fourth-order valence-electron chi connectivity index (χ4n) is 1.61. The molecule has 0 saturated heterocycles. The van der Waals surface area contributed by atoms with Crippen molar-refractivity contribution < 1.29 is 13.6 Å². The monoisotopic (exact) mass is 252 g/mol. The molecule has 0 bridgehead atoms. The molecule has 0 aromatic heterocycles. The van der Waals surface area contributed by atoms with Gasteiger partial charge in [-0.15, -0.1) is 0 Å². The number of carbonyl (C=O) groups excluding carboxylic acids is 1. The molecule has 0 aliphatic carbocycles. The lowest BCUT2D eigenvalue weighted by Gasteiger charge is -2.08. The fraction of sp³-hybridized carbons (Fsp3) is 0. The van der Waals surface area contributed by atoms with Crippen LogP contribution in [0.15, 0.2) is 36.4 Å². The molecule has 2 aromatic carbocycles. The molecule has 0 aliphatic rings. The van der Waals surface area contributed by atoms with E-state index in [0.717, 1.165) is 12.1 Å². The first-order chi connectivity index (χ1) is 8.13. The van der Waals surface area contributed by atoms with E-state index in [4.69, 9.17) is 11.6 Å². The Labute approximate surface area is 102 Å². The second-order valence-electron chi connectivity index (χ2n) is 3.45. The maximum atomic E-state index is 13.7. The van der Waals surface area contributed by atoms with Gasteiger partial charge in [-0.3, -0.25) is 4.79 Å². The van der Waals surface area contributed by atoms with Crippen LogP contribution < -0.4 is 0 Å². The minimum atomic E-state index is -0.552. The number of aldehydes is 1. The van der Waals surface area contributed by atoms with Crippen molar-refractivity contribution in [3.63, 3.8) is 0 Å². The van der Waals surface area contributed by atoms with Crippen molar-refractivity contribution >= 4 is 17.9 Å². The maximum absolute atomic E-state index is 13.7. The van der Waals surface area contributed by atoms with Crippen LogP contribution in [-0.2, 0) is 0 Å². The van der Waals surface area contributed by atoms with Crippen molar-refractivity contribution in [3.8, 4) is 11.1 Å². The SMILES string of the molecule is O=Cc1cc(F)ccc1-c1c(F)cccc1Cl. The normalized spacial score (nSPS) is 10.3. The molecule has 4 heteroatoms. The fourth-order valence-corrected chi connectivity index (χ4v) is 1.88. The van der Waals surface area contributed by atoms with Crippen molar-refractivity contribution in [2.75, 3.05) is 0 Å². The zero-order valence-electron chi connectivity index (χ0n) is 8.58. The molecule has 1 nitrogen and oxygen atoms in total. The van der Waals surface area contributed by atoms with Gasteiger partial charge in [0, 0.05) is 11.1 Å². The van der Waals surface area contributed by atoms with Crippen molar-refractivity contribution in [2.45, 2.75) is 0 Å². The first kappa shape index (κ1) is 11.7. The van der Waals surface area contributed by atoms with Gasteiger partial charge in [-0.1, -0.05) is 23.7 Å². The first-order valence-electron chi connectivity index (χ1n) is 4.82. The number of halogens is 3. The Kier molecular flexibility index (Phi) is 3.20. The van der Waals surface area contributed by atoms with Crippen LogP contribution in [0, 0.1) is 11.6 Å². The minimum Gasteiger partial charge on any atom is -0.298 e. The maximum Gasteiger partial charge on any atom is 0.150 e. The number of hydrogen-bond donors (Lipinski definition) is 0. The molecule has 0 heterocycles. The van der Waals surface area contributed by atoms with E-state index in [1.807, 2.05) is 0 Å². The molecule has 86 valence electrons. The summed E-state index contributed by atoms with van der Waals surface area (Å²) in [5.74, 6) is -1.10. The predicted octanol–water partition coefficient (Wildman–Crippen LogP) is 4.10. The van der Waals surface area contributed by atoms with Gasteiger partial charge >= 0.3 is 0 Å². The average Bonchev–Trinajstić information content (AvgIpc) is 2.30. The molecule has 17 heavy (non-hydrogen) atoms. The third-order valence-electron chi connectivity index (χ3n) is 2.37. The van der Waals surface area contributed by atoms with Crippen LogP contribution in [0.4, 0.5) is 8.78 Å². The van der Waals surface area contributed by atoms with Crippen LogP contribution >= 0.6 is 11.6 Å². The lowest BCUT2D eigenvalue weighted by Crippen LogP contribution is -1.93. The van der Waals surface area contributed by atoms with Gasteiger partial charge in [-0.25, -0.2) is 8.78 Å². The third-order valence-corrected chi connectivity index (χ3v) is 2.69. The number of carbonyl (C=O) groups is 1. The van der Waals surface area contributed by atoms with Crippen LogP contribution in [0.2, 0.25) is 5.02 Å². The summed E-state index contributed by atoms with van der Waals surface area (Å²) in [5, 5.41) is 0.180. The van der Waals surface area contributed by atoms with E-state index in [9.17, 15) is 13.6 Å². The van der Waals surface area contributed by atoms with Gasteiger partial charge < -0.3 is 0 Å². The van der Waals surface area contributed by atoms with E-state index in [1.165, 1.54) is 24.3 Å². The molecular weight excluding hydrogens is 246 g/mol. The summed E-state index contributed by atoms with van der Waals surface area (Å²) < 4.78 is 26.6. The van der Waals surface area contributed by atoms with Gasteiger partial charge in [0.25, 0.3) is 0 Å². The van der Waals surface area contributed by atoms with Gasteiger partial charge in [0.15, 0.2) is 6.29 Å². The molecule has 0 unspecified atom stereocenters. The molecule has 0 aliphatic heterocycles. The molecule has 2 aromatic rings. The Morgan fingerprint density at radius 2 is 1.88 bits per heavy atom. The largest absolute Gasteiger partial charge is 0.298 e. The minimum absolute atomic E-state index is 0.0667. The Bertz CT molecular complexity index is 561. The second-order valence-corrected chi connectivity index (χ2v) is 3.85. The molecule has 2 rings (SSSR count). The summed E-state index contributed by atoms with van der Waals surface area (Å²) in [6, 6.07) is 7.75. The van der Waals surface area contributed by atoms with Gasteiger partial charge in [-0.2, -0.15) is 0 Å². The first-order valence-corrected chi connectivity index (χ1v) is 5.20. The van der Waals surface area contributed by atoms with Crippen LogP contribution in [0.1, 0.15) is 10.4 Å². The highest BCUT2D eigenvalue weighted by Gasteiger charge is 2.13. The van der Waals surface area contributed by atoms with E-state index in [-0.39, 0.29) is 21.7 Å². The van der Waals surface area contributed by atoms with E-state index in [2.05, 4.69) is 0 Å². The standard InChI is InChI=1S/C13H7ClF2O/c14-11-2-1-3-12(16)13(11)10-5-4-9(15)6-8(10)7-17/h1-7H. The number of benzene rings is 2. The molecule has 0 spiro atoms. The zero-order valence-corrected chi connectivity index (χ0v) is 9.34. The Balaban J connectivity index is 2.72. The van der Waals surface area contributed by atoms with E-state index in [0.29, 0.717) is 6.29 Å². The molecule has 0 N–H and O–H groups in total. The lowest BCUT2D eigenvalue weighted by molar-refractivity contribution is 0.112. The molecule has 0 fully saturated rings. The van der Waals surface area contributed by atoms with Gasteiger partial charge in [0.1, 0.15) is 11.6 Å². The highest BCUT2D eigenvalue weighted by Crippen LogP contribution is 2.32. The zero-order chi connectivity index (χ0) is 12.4. The Hall–Kier alpha value is -1.74. The lowest BCUT2D eigenvalue weighted by atomic mass is 10.00. The van der Waals surface area contributed by atoms with E-state index >= 15 is 0 Å². The summed E-state index contributed by atoms with van der Waals surface area (Å²) in [6.07, 6.45) is 0.473. The number of rotatable bonds is 2. The summed E-state index contributed by atoms with van der Waals surface area (Å²) in [6.45, 7) is 0. The topological polar surface area (TPSA) is 17.1 Å². The van der Waals surface area contributed by atoms with Gasteiger partial charge in [-0.05, 0) is 29.8 Å². The van der Waals surface area contributed by atoms with Crippen molar-refractivity contribution in [1.82, 2.24) is 0 Å². The quantitative estimate of drug-likeness (QED) is 0.736. The Morgan fingerprint density at radius 1 is 1.12 bits per heavy atom. The molecular formula is C13H7ClF2O. The molecule has 0 radical (unpaired) electrons. The summed E-state index contributed by atoms with van der Waals surface area (Å²) in [5.41, 5.74) is 0.456. The van der Waals surface area contributed by atoms with Crippen LogP contribution in [0.25, 0.3) is 11.1 Å². The average molecular weight is 253 g/mol. The van der Waals surface area contributed by atoms with Crippen molar-refractivity contribution in [3.05, 3.63) is 58.6 Å². The van der Waals surface area contributed by atoms with Crippen molar-refractivity contribution in [1.29, 1.82) is 0 Å². The van der Waals surface area contributed by atoms with Crippen LogP contribution in [0.3, 0.4) is 0 Å². The molecule has 0 atom stereocenters. The van der Waals surface area contributed by atoms with Crippen LogP contribution in [0.5, 0.6) is 0 Å². The highest BCUT2D eigenvalue weighted by molar-refractivity contribution is 6.33. The van der Waals surface area contributed by atoms with Crippen LogP contribution in [-0.4, -0.2) is 6.29 Å². The van der Waals surface area contributed by atoms with Gasteiger partial charge in [0.05, 0.1) is 5.02 Å². The van der Waals surface area contributed by atoms with E-state index in [1.54, 1.807) is 0 Å². The summed E-state index contributed by atoms with van der Waals surface area (Å²) in [4.78, 5) is 10.8. The van der Waals surface area contributed by atoms with Crippen molar-refractivity contribution in [2.24, 2.45) is 0 Å².